The summed E-state index contributed by atoms with van der Waals surface area (Å²) in [7, 11) is -1.87. The summed E-state index contributed by atoms with van der Waals surface area (Å²) < 4.78 is 0. The maximum atomic E-state index is 9.15. The summed E-state index contributed by atoms with van der Waals surface area (Å²) in [5.74, 6) is 0.520. The zero-order valence-corrected chi connectivity index (χ0v) is 11.6. The van der Waals surface area contributed by atoms with Crippen LogP contribution in [-0.2, 0) is 0 Å². The number of hydrogen-bond acceptors (Lipinski definition) is 2. The van der Waals surface area contributed by atoms with Crippen molar-refractivity contribution in [3.8, 4) is 11.5 Å². The van der Waals surface area contributed by atoms with E-state index in [0.29, 0.717) is 10.9 Å². The highest BCUT2D eigenvalue weighted by atomic mass is 35.7. The Bertz CT molecular complexity index is 449. The minimum atomic E-state index is -1.87. The maximum absolute atomic E-state index is 9.15. The topological polar surface area (TPSA) is 40.5 Å². The molecule has 0 fully saturated rings. The summed E-state index contributed by atoms with van der Waals surface area (Å²) in [6.45, 7) is 0. The maximum Gasteiger partial charge on any atom is 0.270 e. The van der Waals surface area contributed by atoms with Crippen molar-refractivity contribution >= 4 is 34.8 Å². The summed E-state index contributed by atoms with van der Waals surface area (Å²) in [5, 5.41) is 18.5. The molecule has 5 heteroatoms. The summed E-state index contributed by atoms with van der Waals surface area (Å²) >= 11 is 11.3. The summed E-state index contributed by atoms with van der Waals surface area (Å²) in [5.41, 5.74) is 0. The predicted molar refractivity (Wildman–Crippen MR) is 74.7 cm³/mol. The average Bonchev–Trinajstić information content (AvgIpc) is 2.31. The minimum Gasteiger partial charge on any atom is -0.508 e. The molecule has 2 N–H and O–H groups in total. The second-order valence-corrected chi connectivity index (χ2v) is 7.71. The molecule has 0 aromatic heterocycles. The Kier molecular flexibility index (Phi) is 5.90. The van der Waals surface area contributed by atoms with Crippen molar-refractivity contribution in [3.63, 3.8) is 0 Å². The van der Waals surface area contributed by atoms with Gasteiger partial charge in [-0.1, -0.05) is 36.4 Å². The Balaban J connectivity index is 0.000000181. The van der Waals surface area contributed by atoms with Gasteiger partial charge in [0.15, 0.2) is 0 Å². The monoisotopic (exact) mass is 286 g/mol. The molecule has 0 spiro atoms. The molecule has 90 valence electrons. The summed E-state index contributed by atoms with van der Waals surface area (Å²) in [6, 6.07) is 15.6. The van der Waals surface area contributed by atoms with E-state index in [1.807, 2.05) is 6.07 Å². The Morgan fingerprint density at radius 3 is 1.65 bits per heavy atom. The Morgan fingerprint density at radius 1 is 0.765 bits per heavy atom. The third kappa shape index (κ3) is 5.13. The van der Waals surface area contributed by atoms with Crippen molar-refractivity contribution in [1.29, 1.82) is 0 Å². The number of halogens is 2. The molecule has 0 atom stereocenters. The molecular weight excluding hydrogens is 275 g/mol. The van der Waals surface area contributed by atoms with Crippen LogP contribution in [0.5, 0.6) is 11.5 Å². The van der Waals surface area contributed by atoms with Gasteiger partial charge in [-0.3, -0.25) is 0 Å². The van der Waals surface area contributed by atoms with Crippen LogP contribution in [-0.4, -0.2) is 17.6 Å². The fraction of sp³-hybridized carbons (Fsp3) is 0. The molecule has 2 aromatic carbocycles. The minimum absolute atomic E-state index is 0.198. The molecule has 0 amide bonds. The van der Waals surface area contributed by atoms with Crippen LogP contribution < -0.4 is 5.19 Å². The van der Waals surface area contributed by atoms with Gasteiger partial charge in [-0.15, -0.1) is 22.2 Å². The van der Waals surface area contributed by atoms with Gasteiger partial charge in [-0.05, 0) is 18.2 Å². The van der Waals surface area contributed by atoms with E-state index in [0.717, 1.165) is 0 Å². The van der Waals surface area contributed by atoms with Gasteiger partial charge < -0.3 is 10.2 Å². The highest BCUT2D eigenvalue weighted by Gasteiger charge is 2.09. The number of phenols is 2. The zero-order chi connectivity index (χ0) is 12.7. The summed E-state index contributed by atoms with van der Waals surface area (Å²) in [6.07, 6.45) is 0. The van der Waals surface area contributed by atoms with Crippen LogP contribution in [0.2, 0.25) is 0 Å². The lowest BCUT2D eigenvalue weighted by molar-refractivity contribution is 0.475. The molecule has 17 heavy (non-hydrogen) atoms. The second-order valence-electron chi connectivity index (χ2n) is 3.20. The Morgan fingerprint density at radius 2 is 1.29 bits per heavy atom. The number of benzene rings is 2. The fourth-order valence-corrected chi connectivity index (χ4v) is 2.78. The molecule has 0 saturated carbocycles. The van der Waals surface area contributed by atoms with Crippen LogP contribution in [0.3, 0.4) is 0 Å². The lowest BCUT2D eigenvalue weighted by Gasteiger charge is -2.00. The normalized spacial score (nSPS) is 9.59. The van der Waals surface area contributed by atoms with E-state index in [1.165, 1.54) is 0 Å². The molecule has 0 radical (unpaired) electrons. The first-order chi connectivity index (χ1) is 8.11. The number of para-hydroxylation sites is 2. The van der Waals surface area contributed by atoms with Crippen molar-refractivity contribution < 1.29 is 10.2 Å². The van der Waals surface area contributed by atoms with Crippen LogP contribution in [0.15, 0.2) is 54.6 Å². The van der Waals surface area contributed by atoms with Crippen molar-refractivity contribution in [2.24, 2.45) is 0 Å². The van der Waals surface area contributed by atoms with Gasteiger partial charge in [-0.2, -0.15) is 0 Å². The van der Waals surface area contributed by atoms with Gasteiger partial charge in [0.1, 0.15) is 11.5 Å². The van der Waals surface area contributed by atoms with E-state index in [-0.39, 0.29) is 5.75 Å². The van der Waals surface area contributed by atoms with E-state index in [2.05, 4.69) is 0 Å². The van der Waals surface area contributed by atoms with Crippen molar-refractivity contribution in [3.05, 3.63) is 54.6 Å². The Labute approximate surface area is 111 Å². The van der Waals surface area contributed by atoms with Gasteiger partial charge in [-0.25, -0.2) is 0 Å². The van der Waals surface area contributed by atoms with E-state index >= 15 is 0 Å². The fourth-order valence-electron chi connectivity index (χ4n) is 1.10. The molecule has 0 aliphatic carbocycles. The molecule has 0 aliphatic heterocycles. The highest BCUT2D eigenvalue weighted by Crippen LogP contribution is 2.08. The van der Waals surface area contributed by atoms with Crippen LogP contribution in [0.1, 0.15) is 0 Å². The number of phenolic OH excluding ortho intramolecular Hbond substituents is 2. The largest absolute Gasteiger partial charge is 0.508 e. The lowest BCUT2D eigenvalue weighted by atomic mass is 10.3. The highest BCUT2D eigenvalue weighted by molar-refractivity contribution is 7.39. The second kappa shape index (κ2) is 7.22. The van der Waals surface area contributed by atoms with Crippen molar-refractivity contribution in [2.75, 3.05) is 0 Å². The molecule has 0 heterocycles. The van der Waals surface area contributed by atoms with Crippen LogP contribution in [0, 0.1) is 0 Å². The van der Waals surface area contributed by atoms with Crippen LogP contribution in [0.4, 0.5) is 0 Å². The molecule has 2 rings (SSSR count). The molecule has 0 aliphatic rings. The first kappa shape index (κ1) is 13.9. The SMILES string of the molecule is Oc1ccccc1.Oc1ccccc1[SiH](Cl)Cl. The van der Waals surface area contributed by atoms with Gasteiger partial charge >= 0.3 is 0 Å². The molecule has 0 bridgehead atoms. The third-order valence-electron chi connectivity index (χ3n) is 1.93. The zero-order valence-electron chi connectivity index (χ0n) is 8.92. The smallest absolute Gasteiger partial charge is 0.270 e. The quantitative estimate of drug-likeness (QED) is 0.625. The number of rotatable bonds is 1. The molecule has 2 aromatic rings. The van der Waals surface area contributed by atoms with E-state index < -0.39 is 7.42 Å². The molecule has 2 nitrogen and oxygen atoms in total. The third-order valence-corrected chi connectivity index (χ3v) is 4.30. The van der Waals surface area contributed by atoms with Crippen molar-refractivity contribution in [1.82, 2.24) is 0 Å². The van der Waals surface area contributed by atoms with Gasteiger partial charge in [0, 0.05) is 5.19 Å². The standard InChI is InChI=1S/C6H6Cl2OSi.C6H6O/c7-10(8)6-4-2-1-3-5(6)9;7-6-4-2-1-3-5-6/h1-4,9-10H;1-5,7H. The predicted octanol–water partition coefficient (Wildman–Crippen LogP) is 2.69. The Hall–Kier alpha value is -1.16. The van der Waals surface area contributed by atoms with E-state index in [4.69, 9.17) is 32.4 Å². The molecule has 0 unspecified atom stereocenters. The first-order valence-electron chi connectivity index (χ1n) is 4.91. The first-order valence-corrected chi connectivity index (χ1v) is 8.98. The molecule has 0 saturated heterocycles. The van der Waals surface area contributed by atoms with Gasteiger partial charge in [0.2, 0.25) is 0 Å². The van der Waals surface area contributed by atoms with Crippen LogP contribution in [0.25, 0.3) is 0 Å². The van der Waals surface area contributed by atoms with Gasteiger partial charge in [0.25, 0.3) is 7.42 Å². The van der Waals surface area contributed by atoms with Gasteiger partial charge in [0.05, 0.1) is 0 Å². The van der Waals surface area contributed by atoms with Crippen molar-refractivity contribution in [2.45, 2.75) is 0 Å². The van der Waals surface area contributed by atoms with Crippen LogP contribution >= 0.6 is 22.2 Å². The number of hydrogen-bond donors (Lipinski definition) is 2. The summed E-state index contributed by atoms with van der Waals surface area (Å²) in [4.78, 5) is 0. The van der Waals surface area contributed by atoms with E-state index in [1.54, 1.807) is 48.5 Å². The lowest BCUT2D eigenvalue weighted by Crippen LogP contribution is -2.17. The number of aromatic hydroxyl groups is 2. The molecular formula is C12H12Cl2O2Si. The van der Waals surface area contributed by atoms with E-state index in [9.17, 15) is 0 Å². The average molecular weight is 287 g/mol.